The van der Waals surface area contributed by atoms with Gasteiger partial charge >= 0.3 is 5.97 Å². The van der Waals surface area contributed by atoms with Crippen molar-refractivity contribution >= 4 is 5.97 Å². The van der Waals surface area contributed by atoms with Gasteiger partial charge in [-0.2, -0.15) is 0 Å². The van der Waals surface area contributed by atoms with E-state index in [1.807, 2.05) is 12.1 Å². The Balaban J connectivity index is 2.16. The lowest BCUT2D eigenvalue weighted by atomic mass is 10.1. The summed E-state index contributed by atoms with van der Waals surface area (Å²) in [7, 11) is 1.57. The highest BCUT2D eigenvalue weighted by Crippen LogP contribution is 2.33. The zero-order valence-electron chi connectivity index (χ0n) is 10.2. The van der Waals surface area contributed by atoms with Crippen molar-refractivity contribution in [2.45, 2.75) is 18.9 Å². The number of benzene rings is 1. The van der Waals surface area contributed by atoms with Crippen molar-refractivity contribution in [3.8, 4) is 11.5 Å². The molecule has 0 aliphatic carbocycles. The summed E-state index contributed by atoms with van der Waals surface area (Å²) in [6.45, 7) is 1.13. The number of aliphatic carboxylic acids is 1. The van der Waals surface area contributed by atoms with E-state index < -0.39 is 5.97 Å². The maximum absolute atomic E-state index is 10.6. The van der Waals surface area contributed by atoms with Gasteiger partial charge in [0.15, 0.2) is 11.5 Å². The molecule has 1 aromatic rings. The summed E-state index contributed by atoms with van der Waals surface area (Å²) in [4.78, 5) is 10.6. The number of aryl methyl sites for hydroxylation is 1. The highest BCUT2D eigenvalue weighted by atomic mass is 16.6. The lowest BCUT2D eigenvalue weighted by Gasteiger charge is -2.28. The predicted molar refractivity (Wildman–Crippen MR) is 64.2 cm³/mol. The monoisotopic (exact) mass is 252 g/mol. The fourth-order valence-corrected chi connectivity index (χ4v) is 1.74. The zero-order valence-corrected chi connectivity index (χ0v) is 10.2. The molecular formula is C13H16O5. The van der Waals surface area contributed by atoms with Crippen LogP contribution in [0.3, 0.4) is 0 Å². The van der Waals surface area contributed by atoms with Crippen LogP contribution >= 0.6 is 0 Å². The summed E-state index contributed by atoms with van der Waals surface area (Å²) >= 11 is 0. The highest BCUT2D eigenvalue weighted by Gasteiger charge is 2.23. The van der Waals surface area contributed by atoms with Gasteiger partial charge in [-0.25, -0.2) is 0 Å². The van der Waals surface area contributed by atoms with Crippen LogP contribution < -0.4 is 9.47 Å². The molecule has 0 atom stereocenters. The van der Waals surface area contributed by atoms with Crippen LogP contribution in [0.5, 0.6) is 11.5 Å². The van der Waals surface area contributed by atoms with Gasteiger partial charge in [-0.1, -0.05) is 12.1 Å². The lowest BCUT2D eigenvalue weighted by Crippen LogP contribution is -2.38. The van der Waals surface area contributed by atoms with Crippen LogP contribution in [0.25, 0.3) is 0 Å². The largest absolute Gasteiger partial charge is 0.493 e. The number of hydrogen-bond donors (Lipinski definition) is 1. The van der Waals surface area contributed by atoms with Crippen molar-refractivity contribution < 1.29 is 24.1 Å². The zero-order chi connectivity index (χ0) is 13.0. The van der Waals surface area contributed by atoms with Crippen LogP contribution in [0.4, 0.5) is 0 Å². The maximum atomic E-state index is 10.6. The molecule has 0 amide bonds. The van der Waals surface area contributed by atoms with Gasteiger partial charge in [0, 0.05) is 6.42 Å². The summed E-state index contributed by atoms with van der Waals surface area (Å²) in [6, 6.07) is 5.50. The molecule has 98 valence electrons. The van der Waals surface area contributed by atoms with Gasteiger partial charge in [-0.05, 0) is 18.1 Å². The molecule has 0 spiro atoms. The first-order chi connectivity index (χ1) is 8.70. The van der Waals surface area contributed by atoms with E-state index in [2.05, 4.69) is 0 Å². The average Bonchev–Trinajstić information content (AvgIpc) is 2.31. The number of carboxylic acids is 1. The average molecular weight is 252 g/mol. The minimum absolute atomic E-state index is 0.0323. The normalized spacial score (nSPS) is 14.9. The first kappa shape index (κ1) is 12.7. The van der Waals surface area contributed by atoms with Gasteiger partial charge in [0.1, 0.15) is 6.10 Å². The summed E-state index contributed by atoms with van der Waals surface area (Å²) in [5.74, 6) is 0.440. The summed E-state index contributed by atoms with van der Waals surface area (Å²) in [6.07, 6.45) is 0.532. The van der Waals surface area contributed by atoms with E-state index in [0.717, 1.165) is 5.56 Å². The molecule has 0 aromatic heterocycles. The van der Waals surface area contributed by atoms with E-state index in [0.29, 0.717) is 31.1 Å². The molecule has 2 rings (SSSR count). The minimum atomic E-state index is -0.823. The van der Waals surface area contributed by atoms with Gasteiger partial charge in [0.05, 0.1) is 20.3 Å². The Morgan fingerprint density at radius 1 is 1.50 bits per heavy atom. The molecule has 1 heterocycles. The van der Waals surface area contributed by atoms with Crippen LogP contribution in [-0.4, -0.2) is 37.5 Å². The second kappa shape index (κ2) is 5.73. The SMILES string of the molecule is COc1cccc(CCC(=O)O)c1OC1COC1. The third-order valence-electron chi connectivity index (χ3n) is 2.78. The van der Waals surface area contributed by atoms with Crippen LogP contribution in [0.1, 0.15) is 12.0 Å². The Labute approximate surface area is 105 Å². The third-order valence-corrected chi connectivity index (χ3v) is 2.78. The standard InChI is InChI=1S/C13H16O5/c1-16-11-4-2-3-9(5-6-12(14)15)13(11)18-10-7-17-8-10/h2-4,10H,5-8H2,1H3,(H,14,15). The molecule has 0 bridgehead atoms. The van der Waals surface area contributed by atoms with E-state index in [-0.39, 0.29) is 12.5 Å². The number of methoxy groups -OCH3 is 1. The third kappa shape index (κ3) is 2.92. The smallest absolute Gasteiger partial charge is 0.303 e. The molecular weight excluding hydrogens is 236 g/mol. The molecule has 0 radical (unpaired) electrons. The molecule has 1 fully saturated rings. The van der Waals surface area contributed by atoms with Gasteiger partial charge in [-0.15, -0.1) is 0 Å². The molecule has 0 unspecified atom stereocenters. The van der Waals surface area contributed by atoms with Crippen LogP contribution in [0.15, 0.2) is 18.2 Å². The van der Waals surface area contributed by atoms with Gasteiger partial charge in [0.25, 0.3) is 0 Å². The number of para-hydroxylation sites is 1. The Hall–Kier alpha value is -1.75. The van der Waals surface area contributed by atoms with Crippen molar-refractivity contribution in [2.24, 2.45) is 0 Å². The van der Waals surface area contributed by atoms with E-state index in [1.165, 1.54) is 0 Å². The Morgan fingerprint density at radius 3 is 2.83 bits per heavy atom. The number of hydrogen-bond acceptors (Lipinski definition) is 4. The first-order valence-electron chi connectivity index (χ1n) is 5.82. The molecule has 1 aliphatic rings. The Morgan fingerprint density at radius 2 is 2.28 bits per heavy atom. The molecule has 1 N–H and O–H groups in total. The second-order valence-corrected chi connectivity index (χ2v) is 4.12. The number of carboxylic acid groups (broad SMARTS) is 1. The van der Waals surface area contributed by atoms with Crippen LogP contribution in [0, 0.1) is 0 Å². The summed E-state index contributed by atoms with van der Waals surface area (Å²) in [5.41, 5.74) is 0.851. The number of rotatable bonds is 6. The molecule has 1 saturated heterocycles. The van der Waals surface area contributed by atoms with Gasteiger partial charge < -0.3 is 19.3 Å². The molecule has 0 saturated carbocycles. The van der Waals surface area contributed by atoms with E-state index in [4.69, 9.17) is 19.3 Å². The number of ether oxygens (including phenoxy) is 3. The Bertz CT molecular complexity index is 425. The Kier molecular flexibility index (Phi) is 4.04. The topological polar surface area (TPSA) is 65.0 Å². The van der Waals surface area contributed by atoms with Crippen molar-refractivity contribution in [3.05, 3.63) is 23.8 Å². The van der Waals surface area contributed by atoms with E-state index >= 15 is 0 Å². The summed E-state index contributed by atoms with van der Waals surface area (Å²) in [5, 5.41) is 8.74. The summed E-state index contributed by atoms with van der Waals surface area (Å²) < 4.78 is 16.1. The molecule has 18 heavy (non-hydrogen) atoms. The van der Waals surface area contributed by atoms with Crippen molar-refractivity contribution in [2.75, 3.05) is 20.3 Å². The van der Waals surface area contributed by atoms with Crippen molar-refractivity contribution in [1.29, 1.82) is 0 Å². The van der Waals surface area contributed by atoms with Crippen molar-refractivity contribution in [1.82, 2.24) is 0 Å². The number of carbonyl (C=O) groups is 1. The molecule has 5 heteroatoms. The second-order valence-electron chi connectivity index (χ2n) is 4.12. The van der Waals surface area contributed by atoms with E-state index in [1.54, 1.807) is 13.2 Å². The van der Waals surface area contributed by atoms with Crippen molar-refractivity contribution in [3.63, 3.8) is 0 Å². The fourth-order valence-electron chi connectivity index (χ4n) is 1.74. The van der Waals surface area contributed by atoms with Gasteiger partial charge in [0.2, 0.25) is 0 Å². The quantitative estimate of drug-likeness (QED) is 0.831. The molecule has 1 aromatic carbocycles. The highest BCUT2D eigenvalue weighted by molar-refractivity contribution is 5.67. The predicted octanol–water partition coefficient (Wildman–Crippen LogP) is 1.49. The fraction of sp³-hybridized carbons (Fsp3) is 0.462. The van der Waals surface area contributed by atoms with Crippen LogP contribution in [0.2, 0.25) is 0 Å². The van der Waals surface area contributed by atoms with Gasteiger partial charge in [-0.3, -0.25) is 4.79 Å². The maximum Gasteiger partial charge on any atom is 0.303 e. The van der Waals surface area contributed by atoms with Crippen LogP contribution in [-0.2, 0) is 16.0 Å². The minimum Gasteiger partial charge on any atom is -0.493 e. The molecule has 1 aliphatic heterocycles. The first-order valence-corrected chi connectivity index (χ1v) is 5.82. The van der Waals surface area contributed by atoms with E-state index in [9.17, 15) is 4.79 Å². The lowest BCUT2D eigenvalue weighted by molar-refractivity contribution is -0.136. The molecule has 5 nitrogen and oxygen atoms in total.